The van der Waals surface area contributed by atoms with E-state index in [1.54, 1.807) is 0 Å². The van der Waals surface area contributed by atoms with Crippen molar-refractivity contribution in [2.75, 3.05) is 6.54 Å². The molecule has 0 unspecified atom stereocenters. The smallest absolute Gasteiger partial charge is 0.254 e. The number of nitrogens with zero attached hydrogens (tertiary/aromatic N) is 4. The quantitative estimate of drug-likeness (QED) is 0.673. The molecule has 0 spiro atoms. The molecule has 2 heterocycles. The van der Waals surface area contributed by atoms with Crippen molar-refractivity contribution in [3.05, 3.63) is 82.4 Å². The van der Waals surface area contributed by atoms with Gasteiger partial charge in [-0.05, 0) is 50.3 Å². The summed E-state index contributed by atoms with van der Waals surface area (Å²) in [5.41, 5.74) is 4.32. The van der Waals surface area contributed by atoms with Crippen LogP contribution < -0.4 is 0 Å². The molecule has 1 saturated carbocycles. The van der Waals surface area contributed by atoms with Gasteiger partial charge in [-0.15, -0.1) is 0 Å². The minimum Gasteiger partial charge on any atom is -0.327 e. The molecule has 0 saturated heterocycles. The van der Waals surface area contributed by atoms with Gasteiger partial charge in [0.25, 0.3) is 5.91 Å². The highest BCUT2D eigenvalue weighted by molar-refractivity contribution is 5.96. The number of aryl methyl sites for hydroxylation is 1. The molecule has 5 nitrogen and oxygen atoms in total. The molecule has 0 N–H and O–H groups in total. The molecule has 148 valence electrons. The lowest BCUT2D eigenvalue weighted by molar-refractivity contribution is 0.0629. The van der Waals surface area contributed by atoms with Crippen molar-refractivity contribution in [2.45, 2.75) is 51.6 Å². The van der Waals surface area contributed by atoms with Gasteiger partial charge in [-0.1, -0.05) is 48.0 Å². The molecule has 2 aliphatic rings. The van der Waals surface area contributed by atoms with E-state index < -0.39 is 0 Å². The number of carbonyl (C=O) groups is 1. The van der Waals surface area contributed by atoms with E-state index in [0.29, 0.717) is 19.0 Å². The molecule has 29 heavy (non-hydrogen) atoms. The van der Waals surface area contributed by atoms with Gasteiger partial charge < -0.3 is 4.90 Å². The molecule has 5 heteroatoms. The SMILES string of the molecule is Cc1ccc(Cc2ccccc2C(=O)N2CCn3nc(C4CC4)nc3[C@H]2C)cc1. The molecule has 0 bridgehead atoms. The van der Waals surface area contributed by atoms with E-state index in [9.17, 15) is 4.79 Å². The number of aromatic nitrogens is 3. The summed E-state index contributed by atoms with van der Waals surface area (Å²) in [5.74, 6) is 2.49. The van der Waals surface area contributed by atoms with Gasteiger partial charge in [0.15, 0.2) is 5.82 Å². The maximum atomic E-state index is 13.5. The Kier molecular flexibility index (Phi) is 4.46. The number of fused-ring (bicyclic) bond motifs is 1. The number of hydrogen-bond acceptors (Lipinski definition) is 3. The molecule has 2 aromatic carbocycles. The van der Waals surface area contributed by atoms with E-state index in [0.717, 1.165) is 29.2 Å². The first-order valence-corrected chi connectivity index (χ1v) is 10.5. The van der Waals surface area contributed by atoms with Crippen molar-refractivity contribution in [3.8, 4) is 0 Å². The number of hydrogen-bond donors (Lipinski definition) is 0. The lowest BCUT2D eigenvalue weighted by atomic mass is 9.98. The zero-order valence-electron chi connectivity index (χ0n) is 17.0. The number of rotatable bonds is 4. The first kappa shape index (κ1) is 18.1. The second-order valence-electron chi connectivity index (χ2n) is 8.32. The van der Waals surface area contributed by atoms with Crippen LogP contribution in [0.15, 0.2) is 48.5 Å². The first-order valence-electron chi connectivity index (χ1n) is 10.5. The summed E-state index contributed by atoms with van der Waals surface area (Å²) >= 11 is 0. The normalized spacial score (nSPS) is 18.6. The van der Waals surface area contributed by atoms with E-state index in [2.05, 4.69) is 49.3 Å². The molecule has 0 radical (unpaired) electrons. The van der Waals surface area contributed by atoms with E-state index in [-0.39, 0.29) is 11.9 Å². The summed E-state index contributed by atoms with van der Waals surface area (Å²) in [7, 11) is 0. The largest absolute Gasteiger partial charge is 0.327 e. The van der Waals surface area contributed by atoms with Crippen LogP contribution in [-0.2, 0) is 13.0 Å². The van der Waals surface area contributed by atoms with Gasteiger partial charge >= 0.3 is 0 Å². The summed E-state index contributed by atoms with van der Waals surface area (Å²) in [6.45, 7) is 5.54. The maximum Gasteiger partial charge on any atom is 0.254 e. The monoisotopic (exact) mass is 386 g/mol. The highest BCUT2D eigenvalue weighted by atomic mass is 16.2. The molecule has 1 aliphatic heterocycles. The lowest BCUT2D eigenvalue weighted by Crippen LogP contribution is -2.41. The van der Waals surface area contributed by atoms with Crippen LogP contribution in [0.5, 0.6) is 0 Å². The molecule has 1 aliphatic carbocycles. The highest BCUT2D eigenvalue weighted by Crippen LogP contribution is 2.39. The van der Waals surface area contributed by atoms with E-state index in [4.69, 9.17) is 4.98 Å². The molecule has 1 atom stereocenters. The Morgan fingerprint density at radius 3 is 2.59 bits per heavy atom. The summed E-state index contributed by atoms with van der Waals surface area (Å²) in [5, 5.41) is 4.68. The second-order valence-corrected chi connectivity index (χ2v) is 8.32. The van der Waals surface area contributed by atoms with Crippen LogP contribution in [0, 0.1) is 6.92 Å². The summed E-state index contributed by atoms with van der Waals surface area (Å²) in [6.07, 6.45) is 3.13. The Balaban J connectivity index is 1.41. The number of amides is 1. The Morgan fingerprint density at radius 1 is 1.07 bits per heavy atom. The third kappa shape index (κ3) is 3.46. The van der Waals surface area contributed by atoms with Gasteiger partial charge in [0, 0.05) is 18.0 Å². The second kappa shape index (κ2) is 7.14. The fourth-order valence-electron chi connectivity index (χ4n) is 4.14. The maximum absolute atomic E-state index is 13.5. The van der Waals surface area contributed by atoms with Gasteiger partial charge in [0.1, 0.15) is 5.82 Å². The fraction of sp³-hybridized carbons (Fsp3) is 0.375. The number of benzene rings is 2. The zero-order valence-corrected chi connectivity index (χ0v) is 17.0. The van der Waals surface area contributed by atoms with Gasteiger partial charge in [-0.2, -0.15) is 5.10 Å². The van der Waals surface area contributed by atoms with Crippen molar-refractivity contribution in [2.24, 2.45) is 0 Å². The summed E-state index contributed by atoms with van der Waals surface area (Å²) in [4.78, 5) is 20.2. The van der Waals surface area contributed by atoms with Crippen LogP contribution in [0.2, 0.25) is 0 Å². The lowest BCUT2D eigenvalue weighted by Gasteiger charge is -2.33. The third-order valence-electron chi connectivity index (χ3n) is 6.08. The van der Waals surface area contributed by atoms with Crippen molar-refractivity contribution in [1.82, 2.24) is 19.7 Å². The van der Waals surface area contributed by atoms with Gasteiger partial charge in [0.05, 0.1) is 12.6 Å². The van der Waals surface area contributed by atoms with E-state index >= 15 is 0 Å². The van der Waals surface area contributed by atoms with Crippen LogP contribution in [0.25, 0.3) is 0 Å². The van der Waals surface area contributed by atoms with Crippen molar-refractivity contribution in [1.29, 1.82) is 0 Å². The molecular formula is C24H26N4O. The standard InChI is InChI=1S/C24H26N4O/c1-16-7-9-18(10-8-16)15-20-5-3-4-6-21(20)24(29)27-13-14-28-23(17(27)2)25-22(26-28)19-11-12-19/h3-10,17,19H,11-15H2,1-2H3/t17-/m1/s1. The third-order valence-corrected chi connectivity index (χ3v) is 6.08. The minimum atomic E-state index is -0.0660. The van der Waals surface area contributed by atoms with Gasteiger partial charge in [-0.25, -0.2) is 9.67 Å². The van der Waals surface area contributed by atoms with Crippen LogP contribution in [0.3, 0.4) is 0 Å². The predicted octanol–water partition coefficient (Wildman–Crippen LogP) is 4.27. The van der Waals surface area contributed by atoms with Crippen LogP contribution in [-0.4, -0.2) is 32.1 Å². The summed E-state index contributed by atoms with van der Waals surface area (Å²) < 4.78 is 2.00. The van der Waals surface area contributed by atoms with Gasteiger partial charge in [-0.3, -0.25) is 4.79 Å². The molecule has 1 fully saturated rings. The zero-order chi connectivity index (χ0) is 20.0. The Morgan fingerprint density at radius 2 is 1.83 bits per heavy atom. The number of carbonyl (C=O) groups excluding carboxylic acids is 1. The Bertz CT molecular complexity index is 1050. The minimum absolute atomic E-state index is 0.0660. The topological polar surface area (TPSA) is 51.0 Å². The molecule has 1 aromatic heterocycles. The highest BCUT2D eigenvalue weighted by Gasteiger charge is 2.35. The first-order chi connectivity index (χ1) is 14.1. The molecule has 5 rings (SSSR count). The van der Waals surface area contributed by atoms with Crippen molar-refractivity contribution >= 4 is 5.91 Å². The Hall–Kier alpha value is -2.95. The average Bonchev–Trinajstić information content (AvgIpc) is 3.49. The van der Waals surface area contributed by atoms with Gasteiger partial charge in [0.2, 0.25) is 0 Å². The van der Waals surface area contributed by atoms with Crippen LogP contribution >= 0.6 is 0 Å². The van der Waals surface area contributed by atoms with Crippen LogP contribution in [0.1, 0.15) is 70.4 Å². The molecule has 1 amide bonds. The Labute approximate surface area is 171 Å². The average molecular weight is 386 g/mol. The summed E-state index contributed by atoms with van der Waals surface area (Å²) in [6, 6.07) is 16.4. The molecular weight excluding hydrogens is 360 g/mol. The predicted molar refractivity (Wildman–Crippen MR) is 112 cm³/mol. The fourth-order valence-corrected chi connectivity index (χ4v) is 4.14. The van der Waals surface area contributed by atoms with Crippen molar-refractivity contribution in [3.63, 3.8) is 0 Å². The van der Waals surface area contributed by atoms with E-state index in [1.807, 2.05) is 27.8 Å². The van der Waals surface area contributed by atoms with E-state index in [1.165, 1.54) is 24.0 Å². The molecule has 3 aromatic rings. The van der Waals surface area contributed by atoms with Crippen LogP contribution in [0.4, 0.5) is 0 Å². The van der Waals surface area contributed by atoms with Crippen molar-refractivity contribution < 1.29 is 4.79 Å².